The summed E-state index contributed by atoms with van der Waals surface area (Å²) in [6.07, 6.45) is 0.686. The first-order chi connectivity index (χ1) is 11.7. The molecule has 1 spiro atoms. The molecular weight excluding hydrogens is 364 g/mol. The molecule has 3 rings (SSSR count). The Hall–Kier alpha value is -1.68. The number of barbiturate groups is 1. The van der Waals surface area contributed by atoms with E-state index in [1.165, 1.54) is 14.1 Å². The van der Waals surface area contributed by atoms with Crippen LogP contribution in [0.2, 0.25) is 39.3 Å². The van der Waals surface area contributed by atoms with Crippen molar-refractivity contribution in [2.45, 2.75) is 52.1 Å². The molecule has 26 heavy (non-hydrogen) atoms. The van der Waals surface area contributed by atoms with Crippen LogP contribution in [0.25, 0.3) is 0 Å². The number of hydrogen-bond donors (Lipinski definition) is 0. The topological polar surface area (TPSA) is 70.8 Å². The molecule has 4 amide bonds. The number of fused-ring (bicyclic) bond motifs is 1. The highest BCUT2D eigenvalue weighted by Gasteiger charge is 2.60. The zero-order valence-corrected chi connectivity index (χ0v) is 18.9. The molecule has 8 heteroatoms. The molecule has 1 aromatic heterocycles. The fourth-order valence-corrected chi connectivity index (χ4v) is 7.39. The monoisotopic (exact) mass is 392 g/mol. The molecular formula is C18H28N2O4Si2. The predicted octanol–water partition coefficient (Wildman–Crippen LogP) is 1.51. The predicted molar refractivity (Wildman–Crippen MR) is 105 cm³/mol. The maximum atomic E-state index is 13.1. The molecule has 0 N–H and O–H groups in total. The molecule has 142 valence electrons. The Labute approximate surface area is 156 Å². The number of carbonyl (C=O) groups excluding carboxylic acids is 3. The molecule has 0 atom stereocenters. The van der Waals surface area contributed by atoms with Crippen molar-refractivity contribution >= 4 is 44.8 Å². The van der Waals surface area contributed by atoms with Gasteiger partial charge in [0.2, 0.25) is 11.8 Å². The molecule has 0 bridgehead atoms. The molecule has 2 aliphatic rings. The van der Waals surface area contributed by atoms with Crippen LogP contribution in [0.5, 0.6) is 0 Å². The van der Waals surface area contributed by atoms with Gasteiger partial charge in [0, 0.05) is 14.1 Å². The molecule has 0 aromatic carbocycles. The Morgan fingerprint density at radius 1 is 0.769 bits per heavy atom. The highest BCUT2D eigenvalue weighted by atomic mass is 28.3. The first-order valence-corrected chi connectivity index (χ1v) is 16.0. The van der Waals surface area contributed by atoms with E-state index in [9.17, 15) is 14.4 Å². The summed E-state index contributed by atoms with van der Waals surface area (Å²) in [5.74, 6) is -0.769. The van der Waals surface area contributed by atoms with Gasteiger partial charge in [-0.2, -0.15) is 0 Å². The lowest BCUT2D eigenvalue weighted by molar-refractivity contribution is -0.156. The third-order valence-electron chi connectivity index (χ3n) is 5.44. The molecule has 1 aliphatic heterocycles. The van der Waals surface area contributed by atoms with Gasteiger partial charge in [-0.05, 0) is 24.0 Å². The van der Waals surface area contributed by atoms with Crippen LogP contribution in [0.15, 0.2) is 4.42 Å². The second-order valence-corrected chi connectivity index (χ2v) is 19.6. The van der Waals surface area contributed by atoms with E-state index in [1.54, 1.807) is 0 Å². The minimum absolute atomic E-state index is 0.343. The van der Waals surface area contributed by atoms with Crippen molar-refractivity contribution in [3.05, 3.63) is 11.1 Å². The maximum Gasteiger partial charge on any atom is 0.332 e. The Bertz CT molecular complexity index is 765. The van der Waals surface area contributed by atoms with Gasteiger partial charge in [-0.1, -0.05) is 39.3 Å². The Morgan fingerprint density at radius 2 is 1.12 bits per heavy atom. The second-order valence-electron chi connectivity index (χ2n) is 9.66. The molecule has 0 saturated carbocycles. The van der Waals surface area contributed by atoms with Crippen molar-refractivity contribution in [3.63, 3.8) is 0 Å². The van der Waals surface area contributed by atoms with Crippen LogP contribution in [-0.2, 0) is 22.4 Å². The van der Waals surface area contributed by atoms with Crippen LogP contribution in [0.1, 0.15) is 11.1 Å². The Balaban J connectivity index is 2.19. The number of carbonyl (C=O) groups is 3. The van der Waals surface area contributed by atoms with Gasteiger partial charge in [0.25, 0.3) is 0 Å². The van der Waals surface area contributed by atoms with Gasteiger partial charge in [-0.25, -0.2) is 4.79 Å². The first kappa shape index (κ1) is 19.1. The second kappa shape index (κ2) is 5.42. The number of amides is 4. The van der Waals surface area contributed by atoms with Crippen LogP contribution >= 0.6 is 0 Å². The Kier molecular flexibility index (Phi) is 3.98. The minimum Gasteiger partial charge on any atom is -0.476 e. The molecule has 1 fully saturated rings. The lowest BCUT2D eigenvalue weighted by atomic mass is 9.80. The van der Waals surface area contributed by atoms with E-state index in [0.29, 0.717) is 12.8 Å². The van der Waals surface area contributed by atoms with E-state index in [4.69, 9.17) is 4.42 Å². The number of rotatable bonds is 2. The van der Waals surface area contributed by atoms with E-state index >= 15 is 0 Å². The van der Waals surface area contributed by atoms with Gasteiger partial charge >= 0.3 is 6.03 Å². The van der Waals surface area contributed by atoms with Crippen molar-refractivity contribution in [1.29, 1.82) is 0 Å². The first-order valence-electron chi connectivity index (χ1n) is 8.97. The summed E-state index contributed by atoms with van der Waals surface area (Å²) in [5.41, 5.74) is 0.917. The van der Waals surface area contributed by atoms with Crippen LogP contribution in [-0.4, -0.2) is 57.9 Å². The van der Waals surface area contributed by atoms with Gasteiger partial charge in [-0.15, -0.1) is 0 Å². The van der Waals surface area contributed by atoms with Crippen LogP contribution < -0.4 is 10.8 Å². The van der Waals surface area contributed by atoms with Crippen molar-refractivity contribution in [2.24, 2.45) is 5.41 Å². The summed E-state index contributed by atoms with van der Waals surface area (Å²) in [6, 6.07) is -0.558. The summed E-state index contributed by atoms with van der Waals surface area (Å²) in [4.78, 5) is 40.4. The lowest BCUT2D eigenvalue weighted by Gasteiger charge is -2.39. The van der Waals surface area contributed by atoms with E-state index < -0.39 is 27.6 Å². The van der Waals surface area contributed by atoms with Crippen molar-refractivity contribution < 1.29 is 18.8 Å². The number of imide groups is 2. The van der Waals surface area contributed by atoms with Gasteiger partial charge in [0.05, 0.1) is 10.8 Å². The van der Waals surface area contributed by atoms with E-state index in [1.807, 2.05) is 0 Å². The number of hydrogen-bond acceptors (Lipinski definition) is 4. The molecule has 1 aliphatic carbocycles. The quantitative estimate of drug-likeness (QED) is 0.565. The minimum atomic E-state index is -1.78. The normalized spacial score (nSPS) is 20.4. The SMILES string of the molecule is CN1C(=O)N(C)C(=O)C2(Cc3c([Si](C)(C)C)oc([Si](C)(C)C)c3C2)C1=O. The average molecular weight is 393 g/mol. The highest BCUT2D eigenvalue weighted by Crippen LogP contribution is 2.42. The van der Waals surface area contributed by atoms with Gasteiger partial charge < -0.3 is 4.42 Å². The smallest absolute Gasteiger partial charge is 0.332 e. The number of furan rings is 1. The molecule has 0 radical (unpaired) electrons. The molecule has 2 heterocycles. The van der Waals surface area contributed by atoms with Crippen LogP contribution in [0.4, 0.5) is 4.79 Å². The molecule has 6 nitrogen and oxygen atoms in total. The van der Waals surface area contributed by atoms with Crippen molar-refractivity contribution in [3.8, 4) is 0 Å². The summed E-state index contributed by atoms with van der Waals surface area (Å²) in [5, 5.41) is 2.01. The van der Waals surface area contributed by atoms with E-state index in [0.717, 1.165) is 31.7 Å². The van der Waals surface area contributed by atoms with Crippen LogP contribution in [0.3, 0.4) is 0 Å². The third-order valence-corrected chi connectivity index (χ3v) is 8.97. The summed E-state index contributed by atoms with van der Waals surface area (Å²) >= 11 is 0. The average Bonchev–Trinajstić information content (AvgIpc) is 3.04. The van der Waals surface area contributed by atoms with E-state index in [2.05, 4.69) is 39.3 Å². The summed E-state index contributed by atoms with van der Waals surface area (Å²) < 4.78 is 6.40. The van der Waals surface area contributed by atoms with Crippen LogP contribution in [0, 0.1) is 5.41 Å². The van der Waals surface area contributed by atoms with E-state index in [-0.39, 0.29) is 11.8 Å². The molecule has 0 unspecified atom stereocenters. The largest absolute Gasteiger partial charge is 0.476 e. The van der Waals surface area contributed by atoms with Gasteiger partial charge in [-0.3, -0.25) is 19.4 Å². The van der Waals surface area contributed by atoms with Crippen molar-refractivity contribution in [2.75, 3.05) is 14.1 Å². The standard InChI is InChI=1S/C18H28N2O4Si2/c1-19-15(21)18(16(22)20(2)17(19)23)9-11-12(10-18)14(26(6,7)8)24-13(11)25(3,4)5/h9-10H2,1-8H3. The number of nitrogens with zero attached hydrogens (tertiary/aromatic N) is 2. The molecule has 1 saturated heterocycles. The van der Waals surface area contributed by atoms with Crippen molar-refractivity contribution in [1.82, 2.24) is 9.80 Å². The molecule has 1 aromatic rings. The Morgan fingerprint density at radius 3 is 1.42 bits per heavy atom. The zero-order chi connectivity index (χ0) is 19.8. The highest BCUT2D eigenvalue weighted by molar-refractivity contribution is 6.90. The fourth-order valence-electron chi connectivity index (χ4n) is 4.19. The van der Waals surface area contributed by atoms with Gasteiger partial charge in [0.1, 0.15) is 21.6 Å². The maximum absolute atomic E-state index is 13.1. The lowest BCUT2D eigenvalue weighted by Crippen LogP contribution is -2.63. The fraction of sp³-hybridized carbons (Fsp3) is 0.611. The third kappa shape index (κ3) is 2.45. The number of urea groups is 1. The zero-order valence-electron chi connectivity index (χ0n) is 16.9. The van der Waals surface area contributed by atoms with Gasteiger partial charge in [0.15, 0.2) is 0 Å². The summed E-state index contributed by atoms with van der Waals surface area (Å²) in [7, 11) is -0.643. The summed E-state index contributed by atoms with van der Waals surface area (Å²) in [6.45, 7) is 13.3.